The van der Waals surface area contributed by atoms with Crippen LogP contribution < -0.4 is 0 Å². The maximum atomic E-state index is 11.3. The Labute approximate surface area is 199 Å². The average molecular weight is 449 g/mol. The lowest BCUT2D eigenvalue weighted by molar-refractivity contribution is -0.134. The Morgan fingerprint density at radius 2 is 1.69 bits per heavy atom. The molecule has 0 aromatic carbocycles. The van der Waals surface area contributed by atoms with Crippen molar-refractivity contribution in [3.05, 3.63) is 23.8 Å². The molecular weight excluding hydrogens is 396 g/mol. The number of hydrogen-bond acceptors (Lipinski definition) is 3. The lowest BCUT2D eigenvalue weighted by Crippen LogP contribution is -2.48. The largest absolute Gasteiger partial charge is 0.466 e. The molecule has 0 spiro atoms. The molecule has 3 fully saturated rings. The summed E-state index contributed by atoms with van der Waals surface area (Å²) < 4.78 is 4.71. The molecule has 3 heteroatoms. The zero-order valence-electron chi connectivity index (χ0n) is 22.3. The highest BCUT2D eigenvalue weighted by atomic mass is 16.5. The lowest BCUT2D eigenvalue weighted by atomic mass is 9.49. The minimum atomic E-state index is -0.258. The van der Waals surface area contributed by atoms with Gasteiger partial charge in [-0.3, -0.25) is 0 Å². The highest BCUT2D eigenvalue weighted by Gasteiger charge is 2.54. The van der Waals surface area contributed by atoms with Gasteiger partial charge in [0, 0.05) is 6.08 Å². The van der Waals surface area contributed by atoms with E-state index in [4.69, 9.17) is 4.74 Å². The normalized spacial score (nSPS) is 37.0. The van der Waals surface area contributed by atoms with E-state index in [1.165, 1.54) is 45.6 Å². The first-order chi connectivity index (χ1) is 15.5. The molecule has 0 bridgehead atoms. The topological polar surface area (TPSA) is 46.5 Å². The van der Waals surface area contributed by atoms with E-state index in [2.05, 4.69) is 13.0 Å². The summed E-state index contributed by atoms with van der Waals surface area (Å²) in [6.45, 7) is 14.5. The molecule has 1 N–H and O–H groups in total. The molecule has 0 saturated heterocycles. The zero-order chi connectivity index (χ0) is 24.3. The highest BCUT2D eigenvalue weighted by Crippen LogP contribution is 2.63. The molecule has 7 unspecified atom stereocenters. The molecule has 32 heavy (non-hydrogen) atoms. The fraction of sp³-hybridized carbons (Fsp3) is 0.828. The van der Waals surface area contributed by atoms with Crippen LogP contribution in [0.4, 0.5) is 0 Å². The second-order valence-corrected chi connectivity index (χ2v) is 9.45. The van der Waals surface area contributed by atoms with Crippen LogP contribution >= 0.6 is 0 Å². The Hall–Kier alpha value is -1.09. The van der Waals surface area contributed by atoms with E-state index in [0.717, 1.165) is 48.9 Å². The van der Waals surface area contributed by atoms with Gasteiger partial charge in [0.1, 0.15) is 0 Å². The quantitative estimate of drug-likeness (QED) is 0.273. The van der Waals surface area contributed by atoms with Crippen LogP contribution in [-0.4, -0.2) is 24.3 Å². The molecule has 0 radical (unpaired) electrons. The first kappa shape index (κ1) is 28.9. The molecule has 0 aromatic heterocycles. The van der Waals surface area contributed by atoms with Crippen molar-refractivity contribution < 1.29 is 14.6 Å². The maximum Gasteiger partial charge on any atom is 0.330 e. The van der Waals surface area contributed by atoms with Gasteiger partial charge in [-0.25, -0.2) is 4.79 Å². The Bertz CT molecular complexity index is 608. The first-order valence-electron chi connectivity index (χ1n) is 13.6. The highest BCUT2D eigenvalue weighted by molar-refractivity contribution is 5.81. The van der Waals surface area contributed by atoms with E-state index in [9.17, 15) is 9.90 Å². The standard InChI is InChI=1S/C23H34O3.3C2H6/c1-23-13-12-19-18-10-8-17(24)14-15(18)6-9-20(19)21(23)11-7-16(23)4-3-5-22(25)26-2;3*1-2/h3,5,7,15,17-21,24H,4,6,8-14H2,1-2H3;3*1-2H3/b5-3+;;;. The van der Waals surface area contributed by atoms with Gasteiger partial charge in [0.2, 0.25) is 0 Å². The molecule has 7 atom stereocenters. The summed E-state index contributed by atoms with van der Waals surface area (Å²) in [5, 5.41) is 10.1. The SMILES string of the molecule is CC.CC.CC.COC(=O)/C=C/CC1=CCC2C3CCC4CC(O)CCC4C3CCC12C. The van der Waals surface area contributed by atoms with Gasteiger partial charge in [-0.1, -0.05) is 66.2 Å². The number of carbonyl (C=O) groups is 1. The molecular formula is C29H52O3. The van der Waals surface area contributed by atoms with Crippen molar-refractivity contribution in [2.24, 2.45) is 35.0 Å². The van der Waals surface area contributed by atoms with Crippen molar-refractivity contribution in [2.75, 3.05) is 7.11 Å². The predicted molar refractivity (Wildman–Crippen MR) is 136 cm³/mol. The van der Waals surface area contributed by atoms with E-state index in [0.29, 0.717) is 5.41 Å². The number of allylic oxidation sites excluding steroid dienone is 3. The van der Waals surface area contributed by atoms with Crippen LogP contribution in [0.2, 0.25) is 0 Å². The lowest BCUT2D eigenvalue weighted by Gasteiger charge is -2.55. The fourth-order valence-electron chi connectivity index (χ4n) is 7.15. The molecule has 0 aliphatic heterocycles. The van der Waals surface area contributed by atoms with E-state index in [1.54, 1.807) is 11.6 Å². The number of carbonyl (C=O) groups excluding carboxylic acids is 1. The van der Waals surface area contributed by atoms with Crippen LogP contribution in [0.3, 0.4) is 0 Å². The summed E-state index contributed by atoms with van der Waals surface area (Å²) in [5.41, 5.74) is 1.87. The number of aliphatic hydroxyl groups excluding tert-OH is 1. The summed E-state index contributed by atoms with van der Waals surface area (Å²) in [5.74, 6) is 3.93. The minimum Gasteiger partial charge on any atom is -0.466 e. The number of hydrogen-bond donors (Lipinski definition) is 1. The molecule has 0 aromatic rings. The number of esters is 1. The third-order valence-corrected chi connectivity index (χ3v) is 8.46. The Morgan fingerprint density at radius 3 is 2.34 bits per heavy atom. The molecule has 3 nitrogen and oxygen atoms in total. The summed E-state index contributed by atoms with van der Waals surface area (Å²) in [6, 6.07) is 0. The Balaban J connectivity index is 0.000000789. The monoisotopic (exact) mass is 448 g/mol. The van der Waals surface area contributed by atoms with Crippen molar-refractivity contribution in [2.45, 2.75) is 112 Å². The van der Waals surface area contributed by atoms with Gasteiger partial charge in [0.25, 0.3) is 0 Å². The van der Waals surface area contributed by atoms with Crippen molar-refractivity contribution >= 4 is 5.97 Å². The molecule has 4 aliphatic carbocycles. The second kappa shape index (κ2) is 14.2. The fourth-order valence-corrected chi connectivity index (χ4v) is 7.15. The smallest absolute Gasteiger partial charge is 0.330 e. The number of aliphatic hydroxyl groups is 1. The van der Waals surface area contributed by atoms with Gasteiger partial charge in [-0.15, -0.1) is 0 Å². The first-order valence-corrected chi connectivity index (χ1v) is 13.6. The molecule has 186 valence electrons. The van der Waals surface area contributed by atoms with Crippen LogP contribution in [0, 0.1) is 35.0 Å². The van der Waals surface area contributed by atoms with Crippen LogP contribution in [-0.2, 0) is 9.53 Å². The van der Waals surface area contributed by atoms with Gasteiger partial charge < -0.3 is 9.84 Å². The van der Waals surface area contributed by atoms with Crippen LogP contribution in [0.15, 0.2) is 23.8 Å². The van der Waals surface area contributed by atoms with Crippen LogP contribution in [0.5, 0.6) is 0 Å². The summed E-state index contributed by atoms with van der Waals surface area (Å²) >= 11 is 0. The Kier molecular flexibility index (Phi) is 12.9. The van der Waals surface area contributed by atoms with Crippen molar-refractivity contribution in [1.82, 2.24) is 0 Å². The van der Waals surface area contributed by atoms with Gasteiger partial charge in [-0.05, 0) is 92.8 Å². The maximum absolute atomic E-state index is 11.3. The predicted octanol–water partition coefficient (Wildman–Crippen LogP) is 7.73. The van der Waals surface area contributed by atoms with E-state index in [1.807, 2.05) is 47.6 Å². The Morgan fingerprint density at radius 1 is 1.03 bits per heavy atom. The van der Waals surface area contributed by atoms with Crippen molar-refractivity contribution in [3.8, 4) is 0 Å². The van der Waals surface area contributed by atoms with Crippen LogP contribution in [0.1, 0.15) is 106 Å². The summed E-state index contributed by atoms with van der Waals surface area (Å²) in [6.07, 6.45) is 16.8. The third kappa shape index (κ3) is 6.27. The molecule has 4 aliphatic rings. The number of rotatable bonds is 3. The molecule has 0 amide bonds. The third-order valence-electron chi connectivity index (χ3n) is 8.46. The average Bonchev–Trinajstić information content (AvgIpc) is 3.18. The number of ether oxygens (including phenoxy) is 1. The molecule has 0 heterocycles. The zero-order valence-corrected chi connectivity index (χ0v) is 22.3. The van der Waals surface area contributed by atoms with Gasteiger partial charge in [-0.2, -0.15) is 0 Å². The van der Waals surface area contributed by atoms with E-state index < -0.39 is 0 Å². The summed E-state index contributed by atoms with van der Waals surface area (Å²) in [4.78, 5) is 11.3. The van der Waals surface area contributed by atoms with Crippen LogP contribution in [0.25, 0.3) is 0 Å². The second-order valence-electron chi connectivity index (χ2n) is 9.45. The van der Waals surface area contributed by atoms with E-state index in [-0.39, 0.29) is 12.1 Å². The number of fused-ring (bicyclic) bond motifs is 5. The molecule has 4 rings (SSSR count). The van der Waals surface area contributed by atoms with Crippen molar-refractivity contribution in [1.29, 1.82) is 0 Å². The van der Waals surface area contributed by atoms with Gasteiger partial charge >= 0.3 is 5.97 Å². The minimum absolute atomic E-state index is 0.0389. The van der Waals surface area contributed by atoms with Crippen molar-refractivity contribution in [3.63, 3.8) is 0 Å². The van der Waals surface area contributed by atoms with E-state index >= 15 is 0 Å². The van der Waals surface area contributed by atoms with Gasteiger partial charge in [0.15, 0.2) is 0 Å². The summed E-state index contributed by atoms with van der Waals surface area (Å²) in [7, 11) is 1.43. The molecule has 3 saturated carbocycles. The van der Waals surface area contributed by atoms with Gasteiger partial charge in [0.05, 0.1) is 13.2 Å². The number of methoxy groups -OCH3 is 1.